The number of aromatic amines is 1. The van der Waals surface area contributed by atoms with Gasteiger partial charge in [0.05, 0.1) is 47.6 Å². The number of allylic oxidation sites excluding steroid dienone is 4. The van der Waals surface area contributed by atoms with Gasteiger partial charge in [-0.3, -0.25) is 9.89 Å². The zero-order valence-corrected chi connectivity index (χ0v) is 17.2. The van der Waals surface area contributed by atoms with Crippen LogP contribution in [0.25, 0.3) is 16.8 Å². The SMILES string of the molecule is O=C(/N=C(/Cn1ccnn1)[C@H](F)CO)c1cccc(F)c1-c1cc(C2=CCC(F)C=C2)[nH]n1. The first kappa shape index (κ1) is 22.3. The maximum atomic E-state index is 14.8. The van der Waals surface area contributed by atoms with Gasteiger partial charge in [-0.2, -0.15) is 5.10 Å². The summed E-state index contributed by atoms with van der Waals surface area (Å²) in [5, 5.41) is 23.4. The first-order valence-electron chi connectivity index (χ1n) is 10.0. The average Bonchev–Trinajstić information content (AvgIpc) is 3.51. The first-order chi connectivity index (χ1) is 16.0. The molecule has 2 N–H and O–H groups in total. The zero-order valence-electron chi connectivity index (χ0n) is 17.2. The van der Waals surface area contributed by atoms with Gasteiger partial charge in [0.2, 0.25) is 0 Å². The number of hydrogen-bond acceptors (Lipinski definition) is 5. The van der Waals surface area contributed by atoms with E-state index < -0.39 is 30.7 Å². The molecule has 4 rings (SSSR count). The topological polar surface area (TPSA) is 109 Å². The first-order valence-corrected chi connectivity index (χ1v) is 10.0. The standard InChI is InChI=1S/C22H19F3N6O2/c23-14-6-4-13(5-7-14)18-10-19(29-28-18)21-15(2-1-3-16(21)24)22(33)27-20(17(25)12-32)11-31-9-8-26-30-31/h1-6,8-10,14,17,32H,7,11-12H2,(H,28,29)/b27-20-/t14?,17-/m1/s1. The van der Waals surface area contributed by atoms with E-state index in [9.17, 15) is 23.1 Å². The Balaban J connectivity index is 1.68. The fourth-order valence-electron chi connectivity index (χ4n) is 3.34. The second-order valence-corrected chi connectivity index (χ2v) is 7.26. The van der Waals surface area contributed by atoms with Crippen molar-refractivity contribution in [3.63, 3.8) is 0 Å². The highest BCUT2D eigenvalue weighted by molar-refractivity contribution is 6.08. The van der Waals surface area contributed by atoms with E-state index in [1.54, 1.807) is 12.2 Å². The second-order valence-electron chi connectivity index (χ2n) is 7.26. The van der Waals surface area contributed by atoms with Gasteiger partial charge in [-0.05, 0) is 29.8 Å². The van der Waals surface area contributed by atoms with Crippen LogP contribution >= 0.6 is 0 Å². The number of hydrogen-bond donors (Lipinski definition) is 2. The fraction of sp³-hybridized carbons (Fsp3) is 0.227. The molecule has 11 heteroatoms. The maximum Gasteiger partial charge on any atom is 0.277 e. The zero-order chi connectivity index (χ0) is 23.4. The molecule has 1 amide bonds. The Bertz CT molecular complexity index is 1230. The predicted molar refractivity (Wildman–Crippen MR) is 114 cm³/mol. The molecule has 1 aliphatic carbocycles. The number of H-pyrrole nitrogens is 1. The summed E-state index contributed by atoms with van der Waals surface area (Å²) in [6.07, 6.45) is 4.74. The van der Waals surface area contributed by atoms with Crippen molar-refractivity contribution in [2.45, 2.75) is 25.3 Å². The molecule has 1 aromatic carbocycles. The lowest BCUT2D eigenvalue weighted by Gasteiger charge is -2.10. The summed E-state index contributed by atoms with van der Waals surface area (Å²) in [4.78, 5) is 16.8. The van der Waals surface area contributed by atoms with Gasteiger partial charge in [0.1, 0.15) is 12.0 Å². The third-order valence-corrected chi connectivity index (χ3v) is 5.00. The van der Waals surface area contributed by atoms with Crippen LogP contribution in [0.2, 0.25) is 0 Å². The molecule has 3 aromatic rings. The monoisotopic (exact) mass is 456 g/mol. The molecule has 2 heterocycles. The molecule has 0 fully saturated rings. The number of amides is 1. The van der Waals surface area contributed by atoms with Crippen LogP contribution in [-0.4, -0.2) is 60.9 Å². The molecule has 0 radical (unpaired) electrons. The van der Waals surface area contributed by atoms with Gasteiger partial charge < -0.3 is 5.11 Å². The van der Waals surface area contributed by atoms with E-state index >= 15 is 0 Å². The van der Waals surface area contributed by atoms with Crippen molar-refractivity contribution in [2.24, 2.45) is 4.99 Å². The Hall–Kier alpha value is -3.86. The van der Waals surface area contributed by atoms with Crippen LogP contribution in [0, 0.1) is 5.82 Å². The highest BCUT2D eigenvalue weighted by atomic mass is 19.1. The summed E-state index contributed by atoms with van der Waals surface area (Å²) in [6, 6.07) is 5.39. The molecule has 0 bridgehead atoms. The molecule has 1 unspecified atom stereocenters. The molecular weight excluding hydrogens is 437 g/mol. The number of halogens is 3. The van der Waals surface area contributed by atoms with Crippen LogP contribution in [0.1, 0.15) is 22.5 Å². The molecule has 0 aliphatic heterocycles. The molecule has 8 nitrogen and oxygen atoms in total. The van der Waals surface area contributed by atoms with E-state index in [4.69, 9.17) is 0 Å². The summed E-state index contributed by atoms with van der Waals surface area (Å²) >= 11 is 0. The summed E-state index contributed by atoms with van der Waals surface area (Å²) < 4.78 is 43.7. The largest absolute Gasteiger partial charge is 0.393 e. The van der Waals surface area contributed by atoms with E-state index in [1.807, 2.05) is 0 Å². The Morgan fingerprint density at radius 3 is 2.94 bits per heavy atom. The number of carbonyl (C=O) groups excluding carboxylic acids is 1. The minimum absolute atomic E-state index is 0.114. The lowest BCUT2D eigenvalue weighted by Crippen LogP contribution is -2.26. The molecule has 1 aliphatic rings. The van der Waals surface area contributed by atoms with Crippen LogP contribution in [0.3, 0.4) is 0 Å². The third-order valence-electron chi connectivity index (χ3n) is 5.00. The maximum absolute atomic E-state index is 14.8. The van der Waals surface area contributed by atoms with Crippen molar-refractivity contribution in [3.05, 3.63) is 72.0 Å². The number of carbonyl (C=O) groups is 1. The van der Waals surface area contributed by atoms with Crippen molar-refractivity contribution in [1.82, 2.24) is 25.2 Å². The van der Waals surface area contributed by atoms with Gasteiger partial charge >= 0.3 is 0 Å². The quantitative estimate of drug-likeness (QED) is 0.531. The van der Waals surface area contributed by atoms with Crippen LogP contribution in [0.5, 0.6) is 0 Å². The number of rotatable bonds is 7. The van der Waals surface area contributed by atoms with Crippen molar-refractivity contribution >= 4 is 17.2 Å². The van der Waals surface area contributed by atoms with E-state index in [2.05, 4.69) is 25.5 Å². The van der Waals surface area contributed by atoms with Gasteiger partial charge in [-0.15, -0.1) is 5.10 Å². The van der Waals surface area contributed by atoms with E-state index in [1.165, 1.54) is 47.4 Å². The number of aliphatic hydroxyl groups is 1. The lowest BCUT2D eigenvalue weighted by atomic mass is 10.00. The van der Waals surface area contributed by atoms with Crippen LogP contribution < -0.4 is 0 Å². The number of nitrogens with zero attached hydrogens (tertiary/aromatic N) is 5. The lowest BCUT2D eigenvalue weighted by molar-refractivity contribution is 0.100. The number of aliphatic imine (C=N–C) groups is 1. The number of nitrogens with one attached hydrogen (secondary N) is 1. The van der Waals surface area contributed by atoms with Gasteiger partial charge in [-0.1, -0.05) is 23.4 Å². The Kier molecular flexibility index (Phi) is 6.59. The summed E-state index contributed by atoms with van der Waals surface area (Å²) in [5.41, 5.74) is 0.806. The van der Waals surface area contributed by atoms with Gasteiger partial charge in [0.25, 0.3) is 5.91 Å². The molecular formula is C22H19F3N6O2. The second kappa shape index (κ2) is 9.74. The fourth-order valence-corrected chi connectivity index (χ4v) is 3.34. The van der Waals surface area contributed by atoms with Crippen LogP contribution in [0.4, 0.5) is 13.2 Å². The highest BCUT2D eigenvalue weighted by Crippen LogP contribution is 2.29. The number of aromatic nitrogens is 5. The molecule has 33 heavy (non-hydrogen) atoms. The van der Waals surface area contributed by atoms with Crippen molar-refractivity contribution in [1.29, 1.82) is 0 Å². The minimum Gasteiger partial charge on any atom is -0.393 e. The smallest absolute Gasteiger partial charge is 0.277 e. The molecule has 0 spiro atoms. The van der Waals surface area contributed by atoms with Crippen LogP contribution in [0.15, 0.2) is 59.9 Å². The Morgan fingerprint density at radius 1 is 1.39 bits per heavy atom. The number of alkyl halides is 2. The normalized spacial score (nSPS) is 17.2. The molecule has 0 saturated heterocycles. The Labute approximate surface area is 186 Å². The van der Waals surface area contributed by atoms with Gasteiger partial charge in [0, 0.05) is 12.6 Å². The van der Waals surface area contributed by atoms with E-state index in [0.29, 0.717) is 11.3 Å². The van der Waals surface area contributed by atoms with E-state index in [-0.39, 0.29) is 35.5 Å². The number of aliphatic hydroxyl groups excluding tert-OH is 1. The summed E-state index contributed by atoms with van der Waals surface area (Å²) in [5.74, 6) is -1.62. The third kappa shape index (κ3) is 4.98. The van der Waals surface area contributed by atoms with Gasteiger partial charge in [0.15, 0.2) is 6.17 Å². The van der Waals surface area contributed by atoms with Crippen molar-refractivity contribution in [2.75, 3.05) is 6.61 Å². The van der Waals surface area contributed by atoms with Crippen molar-refractivity contribution < 1.29 is 23.1 Å². The summed E-state index contributed by atoms with van der Waals surface area (Å²) in [6.45, 7) is -1.11. The molecule has 170 valence electrons. The molecule has 0 saturated carbocycles. The minimum atomic E-state index is -1.92. The Morgan fingerprint density at radius 2 is 2.24 bits per heavy atom. The predicted octanol–water partition coefficient (Wildman–Crippen LogP) is 3.10. The molecule has 2 atom stereocenters. The molecule has 2 aromatic heterocycles. The summed E-state index contributed by atoms with van der Waals surface area (Å²) in [7, 11) is 0. The van der Waals surface area contributed by atoms with Crippen molar-refractivity contribution in [3.8, 4) is 11.3 Å². The van der Waals surface area contributed by atoms with E-state index in [0.717, 1.165) is 0 Å². The number of benzene rings is 1. The highest BCUT2D eigenvalue weighted by Gasteiger charge is 2.22. The average molecular weight is 456 g/mol. The van der Waals surface area contributed by atoms with Crippen LogP contribution in [-0.2, 0) is 6.54 Å². The van der Waals surface area contributed by atoms with Gasteiger partial charge in [-0.25, -0.2) is 22.8 Å².